The predicted octanol–water partition coefficient (Wildman–Crippen LogP) is 3.76. The first-order valence-electron chi connectivity index (χ1n) is 8.43. The molecule has 1 aliphatic heterocycles. The van der Waals surface area contributed by atoms with Gasteiger partial charge in [-0.3, -0.25) is 4.90 Å². The Morgan fingerprint density at radius 1 is 1.08 bits per heavy atom. The second-order valence-electron chi connectivity index (χ2n) is 6.24. The fourth-order valence-electron chi connectivity index (χ4n) is 3.15. The van der Waals surface area contributed by atoms with Crippen molar-refractivity contribution in [3.63, 3.8) is 0 Å². The van der Waals surface area contributed by atoms with Gasteiger partial charge in [0.15, 0.2) is 0 Å². The van der Waals surface area contributed by atoms with Crippen LogP contribution in [-0.2, 0) is 11.2 Å². The third-order valence-corrected chi connectivity index (χ3v) is 5.88. The van der Waals surface area contributed by atoms with Crippen molar-refractivity contribution in [2.24, 2.45) is 0 Å². The van der Waals surface area contributed by atoms with E-state index in [4.69, 9.17) is 0 Å². The second-order valence-corrected chi connectivity index (χ2v) is 7.61. The number of phenols is 1. The van der Waals surface area contributed by atoms with Gasteiger partial charge in [0.25, 0.3) is 0 Å². The van der Waals surface area contributed by atoms with Gasteiger partial charge in [0.2, 0.25) is 0 Å². The van der Waals surface area contributed by atoms with Gasteiger partial charge in [0.05, 0.1) is 6.04 Å². The van der Waals surface area contributed by atoms with Crippen molar-refractivity contribution in [3.05, 3.63) is 60.2 Å². The second kappa shape index (κ2) is 8.36. The van der Waals surface area contributed by atoms with Crippen molar-refractivity contribution >= 4 is 18.0 Å². The number of aldehydes is 1. The first kappa shape index (κ1) is 17.1. The first-order chi connectivity index (χ1) is 11.7. The van der Waals surface area contributed by atoms with E-state index in [0.29, 0.717) is 11.7 Å². The van der Waals surface area contributed by atoms with E-state index < -0.39 is 0 Å². The van der Waals surface area contributed by atoms with E-state index in [-0.39, 0.29) is 11.8 Å². The SMILES string of the molecule is O=CC(Cc1ccc(O)cc1)N1CCC(Sc2ccccc2)CC1. The van der Waals surface area contributed by atoms with Crippen LogP contribution in [0.5, 0.6) is 5.75 Å². The number of phenolic OH excluding ortho intramolecular Hbond substituents is 1. The summed E-state index contributed by atoms with van der Waals surface area (Å²) in [5, 5.41) is 9.99. The van der Waals surface area contributed by atoms with Gasteiger partial charge in [-0.1, -0.05) is 30.3 Å². The molecule has 1 fully saturated rings. The molecule has 4 heteroatoms. The lowest BCUT2D eigenvalue weighted by Crippen LogP contribution is -2.44. The number of carbonyl (C=O) groups is 1. The zero-order valence-corrected chi connectivity index (χ0v) is 14.5. The Labute approximate surface area is 147 Å². The lowest BCUT2D eigenvalue weighted by molar-refractivity contribution is -0.112. The normalized spacial score (nSPS) is 17.5. The van der Waals surface area contributed by atoms with Crippen molar-refractivity contribution in [2.45, 2.75) is 35.4 Å². The van der Waals surface area contributed by atoms with Gasteiger partial charge in [-0.2, -0.15) is 0 Å². The minimum Gasteiger partial charge on any atom is -0.508 e. The molecule has 1 atom stereocenters. The summed E-state index contributed by atoms with van der Waals surface area (Å²) in [6.45, 7) is 1.93. The summed E-state index contributed by atoms with van der Waals surface area (Å²) in [6, 6.07) is 17.6. The molecule has 1 heterocycles. The largest absolute Gasteiger partial charge is 0.508 e. The van der Waals surface area contributed by atoms with Gasteiger partial charge in [0, 0.05) is 10.1 Å². The molecule has 1 unspecified atom stereocenters. The summed E-state index contributed by atoms with van der Waals surface area (Å²) < 4.78 is 0. The Morgan fingerprint density at radius 3 is 2.38 bits per heavy atom. The number of aromatic hydroxyl groups is 1. The Balaban J connectivity index is 1.52. The maximum Gasteiger partial charge on any atom is 0.137 e. The van der Waals surface area contributed by atoms with Gasteiger partial charge in [-0.25, -0.2) is 0 Å². The summed E-state index contributed by atoms with van der Waals surface area (Å²) in [4.78, 5) is 15.2. The highest BCUT2D eigenvalue weighted by Gasteiger charge is 2.25. The quantitative estimate of drug-likeness (QED) is 0.812. The number of nitrogens with zero attached hydrogens (tertiary/aromatic N) is 1. The number of rotatable bonds is 6. The van der Waals surface area contributed by atoms with Crippen LogP contribution < -0.4 is 0 Å². The standard InChI is InChI=1S/C20H23NO2S/c22-15-17(14-16-6-8-18(23)9-7-16)21-12-10-20(11-13-21)24-19-4-2-1-3-5-19/h1-9,15,17,20,23H,10-14H2. The van der Waals surface area contributed by atoms with E-state index in [1.54, 1.807) is 12.1 Å². The molecule has 3 rings (SSSR count). The van der Waals surface area contributed by atoms with Gasteiger partial charge >= 0.3 is 0 Å². The van der Waals surface area contributed by atoms with Crippen LogP contribution in [-0.4, -0.2) is 40.7 Å². The Kier molecular flexibility index (Phi) is 5.94. The molecule has 1 saturated heterocycles. The lowest BCUT2D eigenvalue weighted by Gasteiger charge is -2.35. The summed E-state index contributed by atoms with van der Waals surface area (Å²) in [6.07, 6.45) is 4.00. The average molecular weight is 341 g/mol. The molecule has 0 aliphatic carbocycles. The van der Waals surface area contributed by atoms with Crippen LogP contribution in [0.25, 0.3) is 0 Å². The zero-order valence-electron chi connectivity index (χ0n) is 13.7. The molecule has 2 aromatic carbocycles. The van der Waals surface area contributed by atoms with E-state index in [9.17, 15) is 9.90 Å². The highest BCUT2D eigenvalue weighted by atomic mass is 32.2. The molecule has 0 radical (unpaired) electrons. The monoisotopic (exact) mass is 341 g/mol. The fraction of sp³-hybridized carbons (Fsp3) is 0.350. The summed E-state index contributed by atoms with van der Waals surface area (Å²) in [5.74, 6) is 0.264. The molecule has 1 aliphatic rings. The smallest absolute Gasteiger partial charge is 0.137 e. The number of piperidine rings is 1. The van der Waals surface area contributed by atoms with E-state index in [1.165, 1.54) is 4.90 Å². The number of benzene rings is 2. The molecule has 0 aromatic heterocycles. The summed E-state index contributed by atoms with van der Waals surface area (Å²) >= 11 is 1.95. The molecule has 1 N–H and O–H groups in total. The summed E-state index contributed by atoms with van der Waals surface area (Å²) in [5.41, 5.74) is 1.09. The molecular weight excluding hydrogens is 318 g/mol. The van der Waals surface area contributed by atoms with Crippen LogP contribution in [0, 0.1) is 0 Å². The van der Waals surface area contributed by atoms with Crippen LogP contribution >= 0.6 is 11.8 Å². The molecule has 0 saturated carbocycles. The highest BCUT2D eigenvalue weighted by Crippen LogP contribution is 2.30. The van der Waals surface area contributed by atoms with Crippen molar-refractivity contribution < 1.29 is 9.90 Å². The van der Waals surface area contributed by atoms with Crippen LogP contribution in [0.2, 0.25) is 0 Å². The van der Waals surface area contributed by atoms with Crippen LogP contribution in [0.15, 0.2) is 59.5 Å². The minimum absolute atomic E-state index is 0.0720. The Hall–Kier alpha value is -1.78. The fourth-order valence-corrected chi connectivity index (χ4v) is 4.30. The Bertz CT molecular complexity index is 636. The van der Waals surface area contributed by atoms with Crippen molar-refractivity contribution in [2.75, 3.05) is 13.1 Å². The molecule has 0 bridgehead atoms. The van der Waals surface area contributed by atoms with E-state index in [1.807, 2.05) is 30.0 Å². The zero-order chi connectivity index (χ0) is 16.8. The number of thioether (sulfide) groups is 1. The number of hydrogen-bond acceptors (Lipinski definition) is 4. The molecule has 3 nitrogen and oxygen atoms in total. The third kappa shape index (κ3) is 4.62. The lowest BCUT2D eigenvalue weighted by atomic mass is 10.0. The van der Waals surface area contributed by atoms with Crippen molar-refractivity contribution in [3.8, 4) is 5.75 Å². The van der Waals surface area contributed by atoms with Gasteiger partial charge in [-0.15, -0.1) is 11.8 Å². The van der Waals surface area contributed by atoms with Gasteiger partial charge in [-0.05, 0) is 62.2 Å². The van der Waals surface area contributed by atoms with E-state index in [2.05, 4.69) is 29.2 Å². The minimum atomic E-state index is -0.0720. The van der Waals surface area contributed by atoms with Gasteiger partial charge in [0.1, 0.15) is 12.0 Å². The highest BCUT2D eigenvalue weighted by molar-refractivity contribution is 8.00. The van der Waals surface area contributed by atoms with Crippen LogP contribution in [0.4, 0.5) is 0 Å². The number of carbonyl (C=O) groups excluding carboxylic acids is 1. The maximum atomic E-state index is 11.6. The third-order valence-electron chi connectivity index (χ3n) is 4.53. The average Bonchev–Trinajstić information content (AvgIpc) is 2.63. The number of likely N-dealkylation sites (tertiary alicyclic amines) is 1. The first-order valence-corrected chi connectivity index (χ1v) is 9.31. The van der Waals surface area contributed by atoms with E-state index >= 15 is 0 Å². The van der Waals surface area contributed by atoms with Crippen LogP contribution in [0.3, 0.4) is 0 Å². The van der Waals surface area contributed by atoms with E-state index in [0.717, 1.165) is 37.8 Å². The van der Waals surface area contributed by atoms with Crippen molar-refractivity contribution in [1.29, 1.82) is 0 Å². The van der Waals surface area contributed by atoms with Gasteiger partial charge < -0.3 is 9.90 Å². The molecule has 24 heavy (non-hydrogen) atoms. The molecule has 2 aromatic rings. The topological polar surface area (TPSA) is 40.5 Å². The molecular formula is C20H23NO2S. The van der Waals surface area contributed by atoms with Crippen molar-refractivity contribution in [1.82, 2.24) is 4.90 Å². The maximum absolute atomic E-state index is 11.6. The Morgan fingerprint density at radius 2 is 1.75 bits per heavy atom. The molecule has 0 spiro atoms. The number of hydrogen-bond donors (Lipinski definition) is 1. The van der Waals surface area contributed by atoms with Crippen LogP contribution in [0.1, 0.15) is 18.4 Å². The summed E-state index contributed by atoms with van der Waals surface area (Å²) in [7, 11) is 0. The molecule has 126 valence electrons. The predicted molar refractivity (Wildman–Crippen MR) is 98.6 cm³/mol. The molecule has 0 amide bonds.